The van der Waals surface area contributed by atoms with E-state index in [0.717, 1.165) is 37.5 Å². The van der Waals surface area contributed by atoms with E-state index in [1.807, 2.05) is 0 Å². The third-order valence-electron chi connectivity index (χ3n) is 6.77. The van der Waals surface area contributed by atoms with Crippen LogP contribution in [0.5, 0.6) is 0 Å². The molecule has 3 rings (SSSR count). The lowest BCUT2D eigenvalue weighted by Crippen LogP contribution is -2.14. The molecule has 146 valence electrons. The second kappa shape index (κ2) is 9.80. The van der Waals surface area contributed by atoms with Crippen LogP contribution >= 0.6 is 0 Å². The van der Waals surface area contributed by atoms with Gasteiger partial charge in [0, 0.05) is 0 Å². The second-order valence-corrected chi connectivity index (χ2v) is 8.66. The quantitative estimate of drug-likeness (QED) is 0.324. The van der Waals surface area contributed by atoms with Crippen LogP contribution in [-0.4, -0.2) is 0 Å². The molecule has 26 heavy (non-hydrogen) atoms. The molecule has 0 spiro atoms. The lowest BCUT2D eigenvalue weighted by Gasteiger charge is -2.29. The van der Waals surface area contributed by atoms with Crippen LogP contribution in [0.2, 0.25) is 0 Å². The first-order valence-corrected chi connectivity index (χ1v) is 10.8. The van der Waals surface area contributed by atoms with Gasteiger partial charge in [0.25, 0.3) is 0 Å². The Morgan fingerprint density at radius 2 is 1.15 bits per heavy atom. The molecule has 1 aromatic rings. The molecule has 0 amide bonds. The Morgan fingerprint density at radius 3 is 1.69 bits per heavy atom. The minimum absolute atomic E-state index is 0.183. The molecular formula is C23H33F3. The zero-order chi connectivity index (χ0) is 18.4. The van der Waals surface area contributed by atoms with Crippen molar-refractivity contribution in [1.29, 1.82) is 0 Å². The van der Waals surface area contributed by atoms with E-state index in [4.69, 9.17) is 0 Å². The maximum absolute atomic E-state index is 13.4. The molecule has 1 aromatic carbocycles. The molecule has 2 fully saturated rings. The maximum atomic E-state index is 13.4. The largest absolute Gasteiger partial charge is 0.204 e. The predicted molar refractivity (Wildman–Crippen MR) is 101 cm³/mol. The highest BCUT2D eigenvalue weighted by molar-refractivity contribution is 5.23. The topological polar surface area (TPSA) is 0 Å². The molecule has 0 radical (unpaired) electrons. The summed E-state index contributed by atoms with van der Waals surface area (Å²) in [5, 5.41) is 0. The van der Waals surface area contributed by atoms with Gasteiger partial charge in [-0.2, -0.15) is 0 Å². The summed E-state index contributed by atoms with van der Waals surface area (Å²) in [7, 11) is 0. The van der Waals surface area contributed by atoms with E-state index in [1.165, 1.54) is 76.3 Å². The predicted octanol–water partition coefficient (Wildman–Crippen LogP) is 7.91. The first kappa shape index (κ1) is 19.8. The van der Waals surface area contributed by atoms with Gasteiger partial charge in [-0.25, -0.2) is 13.2 Å². The van der Waals surface area contributed by atoms with Crippen molar-refractivity contribution in [2.45, 2.75) is 95.8 Å². The van der Waals surface area contributed by atoms with E-state index in [2.05, 4.69) is 0 Å². The van der Waals surface area contributed by atoms with Crippen molar-refractivity contribution in [2.75, 3.05) is 0 Å². The zero-order valence-electron chi connectivity index (χ0n) is 15.9. The first-order valence-electron chi connectivity index (χ1n) is 10.8. The van der Waals surface area contributed by atoms with Gasteiger partial charge in [-0.05, 0) is 61.1 Å². The summed E-state index contributed by atoms with van der Waals surface area (Å²) in [4.78, 5) is 0. The smallest absolute Gasteiger partial charge is 0.194 e. The van der Waals surface area contributed by atoms with E-state index < -0.39 is 17.5 Å². The van der Waals surface area contributed by atoms with Crippen molar-refractivity contribution >= 4 is 0 Å². The highest BCUT2D eigenvalue weighted by Crippen LogP contribution is 2.38. The van der Waals surface area contributed by atoms with Crippen LogP contribution in [0.1, 0.15) is 101 Å². The Balaban J connectivity index is 1.30. The molecule has 0 nitrogen and oxygen atoms in total. The summed E-state index contributed by atoms with van der Waals surface area (Å²) in [6.07, 6.45) is 18.2. The Hall–Kier alpha value is -0.990. The Kier molecular flexibility index (Phi) is 7.45. The number of rotatable bonds is 8. The monoisotopic (exact) mass is 366 g/mol. The third-order valence-corrected chi connectivity index (χ3v) is 6.77. The molecule has 0 aromatic heterocycles. The van der Waals surface area contributed by atoms with Gasteiger partial charge in [-0.3, -0.25) is 0 Å². The van der Waals surface area contributed by atoms with E-state index in [1.54, 1.807) is 0 Å². The van der Waals surface area contributed by atoms with Crippen LogP contribution in [0.15, 0.2) is 12.1 Å². The molecular weight excluding hydrogens is 333 g/mol. The van der Waals surface area contributed by atoms with Crippen LogP contribution in [0.25, 0.3) is 0 Å². The van der Waals surface area contributed by atoms with Gasteiger partial charge in [0.15, 0.2) is 17.5 Å². The van der Waals surface area contributed by atoms with Crippen molar-refractivity contribution in [1.82, 2.24) is 0 Å². The van der Waals surface area contributed by atoms with E-state index in [-0.39, 0.29) is 5.92 Å². The fourth-order valence-corrected chi connectivity index (χ4v) is 5.11. The van der Waals surface area contributed by atoms with Crippen LogP contribution in [0.4, 0.5) is 13.2 Å². The molecule has 0 heterocycles. The maximum Gasteiger partial charge on any atom is 0.194 e. The average molecular weight is 367 g/mol. The van der Waals surface area contributed by atoms with Gasteiger partial charge < -0.3 is 0 Å². The number of unbranched alkanes of at least 4 members (excludes halogenated alkanes) is 3. The van der Waals surface area contributed by atoms with Crippen LogP contribution in [0.3, 0.4) is 0 Å². The van der Waals surface area contributed by atoms with Crippen molar-refractivity contribution in [2.24, 2.45) is 11.8 Å². The number of halogens is 3. The van der Waals surface area contributed by atoms with E-state index >= 15 is 0 Å². The van der Waals surface area contributed by atoms with Gasteiger partial charge in [-0.15, -0.1) is 0 Å². The van der Waals surface area contributed by atoms with Crippen LogP contribution in [0, 0.1) is 29.3 Å². The Morgan fingerprint density at radius 1 is 0.654 bits per heavy atom. The van der Waals surface area contributed by atoms with Crippen molar-refractivity contribution in [3.63, 3.8) is 0 Å². The van der Waals surface area contributed by atoms with Crippen molar-refractivity contribution < 1.29 is 13.2 Å². The molecule has 0 atom stereocenters. The highest BCUT2D eigenvalue weighted by Gasteiger charge is 2.24. The van der Waals surface area contributed by atoms with Crippen molar-refractivity contribution in [3.05, 3.63) is 35.1 Å². The highest BCUT2D eigenvalue weighted by atomic mass is 19.2. The molecule has 0 aliphatic heterocycles. The van der Waals surface area contributed by atoms with Crippen molar-refractivity contribution in [3.8, 4) is 0 Å². The van der Waals surface area contributed by atoms with Gasteiger partial charge in [-0.1, -0.05) is 64.2 Å². The molecule has 0 N–H and O–H groups in total. The summed E-state index contributed by atoms with van der Waals surface area (Å²) < 4.78 is 40.0. The second-order valence-electron chi connectivity index (χ2n) is 8.66. The lowest BCUT2D eigenvalue weighted by atomic mass is 9.77. The Labute approximate surface area is 156 Å². The standard InChI is InChI=1S/C23H33F3/c24-21-15-20(16-22(25)23(21)26)19-13-11-18(12-14-19)8-4-2-1-3-7-17-9-5-6-10-17/h15-19H,1-14H2/t18-,19-. The minimum atomic E-state index is -1.35. The molecule has 3 heteroatoms. The fraction of sp³-hybridized carbons (Fsp3) is 0.739. The molecule has 2 aliphatic rings. The summed E-state index contributed by atoms with van der Waals surface area (Å²) in [5.41, 5.74) is 0.631. The Bertz CT molecular complexity index is 532. The first-order chi connectivity index (χ1) is 12.6. The lowest BCUT2D eigenvalue weighted by molar-refractivity contribution is 0.300. The SMILES string of the molecule is Fc1cc([C@H]2CC[C@H](CCCCCCC3CCCC3)CC2)cc(F)c1F. The fourth-order valence-electron chi connectivity index (χ4n) is 5.11. The van der Waals surface area contributed by atoms with Gasteiger partial charge in [0.1, 0.15) is 0 Å². The number of hydrogen-bond donors (Lipinski definition) is 0. The van der Waals surface area contributed by atoms with Gasteiger partial charge in [0.2, 0.25) is 0 Å². The minimum Gasteiger partial charge on any atom is -0.204 e. The third kappa shape index (κ3) is 5.50. The summed E-state index contributed by atoms with van der Waals surface area (Å²) >= 11 is 0. The zero-order valence-corrected chi connectivity index (χ0v) is 15.9. The van der Waals surface area contributed by atoms with Gasteiger partial charge >= 0.3 is 0 Å². The summed E-state index contributed by atoms with van der Waals surface area (Å²) in [5.74, 6) is -1.50. The number of benzene rings is 1. The molecule has 2 aliphatic carbocycles. The van der Waals surface area contributed by atoms with Crippen LogP contribution < -0.4 is 0 Å². The summed E-state index contributed by atoms with van der Waals surface area (Å²) in [6, 6.07) is 2.38. The number of hydrogen-bond acceptors (Lipinski definition) is 0. The van der Waals surface area contributed by atoms with E-state index in [9.17, 15) is 13.2 Å². The average Bonchev–Trinajstić information content (AvgIpc) is 3.16. The van der Waals surface area contributed by atoms with Crippen LogP contribution in [-0.2, 0) is 0 Å². The van der Waals surface area contributed by atoms with E-state index in [0.29, 0.717) is 5.56 Å². The summed E-state index contributed by atoms with van der Waals surface area (Å²) in [6.45, 7) is 0. The molecule has 0 saturated heterocycles. The normalized spacial score (nSPS) is 24.3. The molecule has 0 bridgehead atoms. The molecule has 0 unspecified atom stereocenters. The molecule has 2 saturated carbocycles. The van der Waals surface area contributed by atoms with Gasteiger partial charge in [0.05, 0.1) is 0 Å².